The second-order valence-corrected chi connectivity index (χ2v) is 8.84. The van der Waals surface area contributed by atoms with Gasteiger partial charge in [0.1, 0.15) is 0 Å². The second-order valence-electron chi connectivity index (χ2n) is 8.84. The highest BCUT2D eigenvalue weighted by molar-refractivity contribution is 5.87. The number of benzene rings is 2. The third kappa shape index (κ3) is 4.59. The fraction of sp³-hybridized carbons (Fsp3) is 0.440. The largest absolute Gasteiger partial charge is 0.389 e. The number of nitrogens with one attached hydrogen (secondary N) is 1. The standard InChI is InChI=1S/C25H30N4O2/c30-25(26-15-19-7-3-1-4-8-19)21-11-13-29(14-12-21)24-22-17-28(18-23(22)31-27-24)16-20-9-5-2-6-10-20/h1-10,21-23H,11-18H2,(H,26,30)/t22-,23+/m1/s1. The summed E-state index contributed by atoms with van der Waals surface area (Å²) in [7, 11) is 0. The number of nitrogens with zero attached hydrogens (tertiary/aromatic N) is 3. The van der Waals surface area contributed by atoms with E-state index in [1.807, 2.05) is 30.3 Å². The van der Waals surface area contributed by atoms with E-state index in [-0.39, 0.29) is 17.9 Å². The number of oxime groups is 1. The Kier molecular flexibility index (Phi) is 5.89. The molecule has 1 amide bonds. The van der Waals surface area contributed by atoms with Crippen LogP contribution in [0.1, 0.15) is 24.0 Å². The number of amidine groups is 1. The van der Waals surface area contributed by atoms with Crippen molar-refractivity contribution >= 4 is 11.7 Å². The van der Waals surface area contributed by atoms with Crippen molar-refractivity contribution in [2.75, 3.05) is 26.2 Å². The van der Waals surface area contributed by atoms with Crippen molar-refractivity contribution in [3.63, 3.8) is 0 Å². The van der Waals surface area contributed by atoms with Gasteiger partial charge >= 0.3 is 0 Å². The molecule has 0 saturated carbocycles. The van der Waals surface area contributed by atoms with E-state index in [1.54, 1.807) is 0 Å². The second kappa shape index (κ2) is 9.10. The van der Waals surface area contributed by atoms with Crippen molar-refractivity contribution in [1.29, 1.82) is 0 Å². The minimum absolute atomic E-state index is 0.0804. The third-order valence-electron chi connectivity index (χ3n) is 6.70. The van der Waals surface area contributed by atoms with Gasteiger partial charge in [-0.15, -0.1) is 0 Å². The van der Waals surface area contributed by atoms with Gasteiger partial charge in [0.2, 0.25) is 5.91 Å². The fourth-order valence-electron chi connectivity index (χ4n) is 4.96. The molecule has 3 heterocycles. The zero-order valence-electron chi connectivity index (χ0n) is 17.8. The molecule has 0 unspecified atom stereocenters. The van der Waals surface area contributed by atoms with Crippen LogP contribution in [0.4, 0.5) is 0 Å². The van der Waals surface area contributed by atoms with Gasteiger partial charge in [-0.3, -0.25) is 9.69 Å². The lowest BCUT2D eigenvalue weighted by Gasteiger charge is -2.33. The van der Waals surface area contributed by atoms with E-state index in [4.69, 9.17) is 4.84 Å². The van der Waals surface area contributed by atoms with Crippen molar-refractivity contribution in [3.8, 4) is 0 Å². The van der Waals surface area contributed by atoms with E-state index in [0.717, 1.165) is 57.0 Å². The molecule has 1 N–H and O–H groups in total. The lowest BCUT2D eigenvalue weighted by molar-refractivity contribution is -0.126. The summed E-state index contributed by atoms with van der Waals surface area (Å²) >= 11 is 0. The molecule has 2 atom stereocenters. The molecule has 3 aliphatic rings. The first-order valence-corrected chi connectivity index (χ1v) is 11.3. The highest BCUT2D eigenvalue weighted by Gasteiger charge is 2.44. The Labute approximate surface area is 183 Å². The Morgan fingerprint density at radius 1 is 0.968 bits per heavy atom. The normalized spacial score (nSPS) is 23.9. The lowest BCUT2D eigenvalue weighted by Crippen LogP contribution is -2.45. The number of rotatable bonds is 5. The molecule has 2 fully saturated rings. The first kappa shape index (κ1) is 20.1. The van der Waals surface area contributed by atoms with Gasteiger partial charge in [0.25, 0.3) is 0 Å². The summed E-state index contributed by atoms with van der Waals surface area (Å²) in [4.78, 5) is 23.2. The number of amides is 1. The van der Waals surface area contributed by atoms with Crippen molar-refractivity contribution in [3.05, 3.63) is 71.8 Å². The Balaban J connectivity index is 1.10. The maximum Gasteiger partial charge on any atom is 0.223 e. The molecule has 0 aromatic heterocycles. The molecule has 0 aliphatic carbocycles. The van der Waals surface area contributed by atoms with Gasteiger partial charge in [-0.25, -0.2) is 0 Å². The van der Waals surface area contributed by atoms with Crippen molar-refractivity contribution in [2.24, 2.45) is 17.0 Å². The highest BCUT2D eigenvalue weighted by Crippen LogP contribution is 2.31. The fourth-order valence-corrected chi connectivity index (χ4v) is 4.96. The average molecular weight is 419 g/mol. The first-order chi connectivity index (χ1) is 15.3. The Bertz CT molecular complexity index is 910. The first-order valence-electron chi connectivity index (χ1n) is 11.3. The van der Waals surface area contributed by atoms with Gasteiger partial charge in [-0.2, -0.15) is 0 Å². The predicted octanol–water partition coefficient (Wildman–Crippen LogP) is 2.86. The van der Waals surface area contributed by atoms with Gasteiger partial charge < -0.3 is 15.1 Å². The molecule has 6 nitrogen and oxygen atoms in total. The van der Waals surface area contributed by atoms with Gasteiger partial charge in [-0.05, 0) is 24.0 Å². The molecule has 2 saturated heterocycles. The van der Waals surface area contributed by atoms with E-state index < -0.39 is 0 Å². The topological polar surface area (TPSA) is 57.2 Å². The van der Waals surface area contributed by atoms with E-state index in [1.165, 1.54) is 5.56 Å². The molecule has 31 heavy (non-hydrogen) atoms. The highest BCUT2D eigenvalue weighted by atomic mass is 16.6. The summed E-state index contributed by atoms with van der Waals surface area (Å²) in [5.41, 5.74) is 2.47. The zero-order chi connectivity index (χ0) is 21.0. The summed E-state index contributed by atoms with van der Waals surface area (Å²) < 4.78 is 0. The van der Waals surface area contributed by atoms with Crippen molar-refractivity contribution in [2.45, 2.75) is 32.0 Å². The summed E-state index contributed by atoms with van der Waals surface area (Å²) in [6, 6.07) is 20.7. The van der Waals surface area contributed by atoms with Gasteiger partial charge in [0.05, 0.1) is 5.92 Å². The van der Waals surface area contributed by atoms with E-state index in [0.29, 0.717) is 12.5 Å². The molecule has 6 heteroatoms. The Morgan fingerprint density at radius 2 is 1.65 bits per heavy atom. The number of carbonyl (C=O) groups is 1. The minimum atomic E-state index is 0.0804. The zero-order valence-corrected chi connectivity index (χ0v) is 17.8. The van der Waals surface area contributed by atoms with Crippen molar-refractivity contribution < 1.29 is 9.63 Å². The lowest BCUT2D eigenvalue weighted by atomic mass is 9.94. The van der Waals surface area contributed by atoms with Crippen LogP contribution in [0.25, 0.3) is 0 Å². The minimum Gasteiger partial charge on any atom is -0.389 e. The molecular weight excluding hydrogens is 388 g/mol. The molecule has 2 aromatic rings. The number of likely N-dealkylation sites (tertiary alicyclic amines) is 2. The van der Waals surface area contributed by atoms with Crippen LogP contribution >= 0.6 is 0 Å². The van der Waals surface area contributed by atoms with Crippen LogP contribution in [-0.2, 0) is 22.7 Å². The number of fused-ring (bicyclic) bond motifs is 1. The summed E-state index contributed by atoms with van der Waals surface area (Å²) in [6.45, 7) is 5.19. The van der Waals surface area contributed by atoms with Crippen LogP contribution in [0.15, 0.2) is 65.8 Å². The molecule has 3 aliphatic heterocycles. The summed E-state index contributed by atoms with van der Waals surface area (Å²) in [5, 5.41) is 7.55. The third-order valence-corrected chi connectivity index (χ3v) is 6.70. The Hall–Kier alpha value is -2.86. The monoisotopic (exact) mass is 418 g/mol. The number of piperidine rings is 1. The van der Waals surface area contributed by atoms with Crippen LogP contribution < -0.4 is 5.32 Å². The van der Waals surface area contributed by atoms with Crippen LogP contribution in [0.5, 0.6) is 0 Å². The molecule has 162 valence electrons. The number of carbonyl (C=O) groups excluding carboxylic acids is 1. The van der Waals surface area contributed by atoms with Crippen LogP contribution in [0, 0.1) is 11.8 Å². The van der Waals surface area contributed by atoms with Crippen LogP contribution in [-0.4, -0.2) is 53.8 Å². The maximum absolute atomic E-state index is 12.6. The van der Waals surface area contributed by atoms with Gasteiger partial charge in [0.15, 0.2) is 11.9 Å². The van der Waals surface area contributed by atoms with Gasteiger partial charge in [-0.1, -0.05) is 65.8 Å². The molecule has 0 spiro atoms. The van der Waals surface area contributed by atoms with Crippen LogP contribution in [0.2, 0.25) is 0 Å². The number of hydrogen-bond donors (Lipinski definition) is 1. The number of hydrogen-bond acceptors (Lipinski definition) is 5. The Morgan fingerprint density at radius 3 is 2.35 bits per heavy atom. The van der Waals surface area contributed by atoms with E-state index >= 15 is 0 Å². The molecular formula is C25H30N4O2. The quantitative estimate of drug-likeness (QED) is 0.811. The van der Waals surface area contributed by atoms with Crippen molar-refractivity contribution in [1.82, 2.24) is 15.1 Å². The van der Waals surface area contributed by atoms with Gasteiger partial charge in [0, 0.05) is 45.2 Å². The van der Waals surface area contributed by atoms with Crippen LogP contribution in [0.3, 0.4) is 0 Å². The average Bonchev–Trinajstić information content (AvgIpc) is 3.39. The summed E-state index contributed by atoms with van der Waals surface area (Å²) in [5.74, 6) is 1.67. The molecule has 5 rings (SSSR count). The molecule has 2 aromatic carbocycles. The maximum atomic E-state index is 12.6. The van der Waals surface area contributed by atoms with E-state index in [2.05, 4.69) is 50.6 Å². The molecule has 0 radical (unpaired) electrons. The SMILES string of the molecule is O=C(NCc1ccccc1)C1CCN(C2=NO[C@H]3CN(Cc4ccccc4)C[C@@H]23)CC1. The predicted molar refractivity (Wildman–Crippen MR) is 120 cm³/mol. The van der Waals surface area contributed by atoms with E-state index in [9.17, 15) is 4.79 Å². The smallest absolute Gasteiger partial charge is 0.223 e. The summed E-state index contributed by atoms with van der Waals surface area (Å²) in [6.07, 6.45) is 1.89. The molecule has 0 bridgehead atoms.